The number of fused-ring (bicyclic) bond motifs is 1. The van der Waals surface area contributed by atoms with Crippen molar-refractivity contribution in [2.75, 3.05) is 26.9 Å². The van der Waals surface area contributed by atoms with E-state index in [9.17, 15) is 0 Å². The van der Waals surface area contributed by atoms with E-state index >= 15 is 0 Å². The van der Waals surface area contributed by atoms with Crippen molar-refractivity contribution in [1.82, 2.24) is 0 Å². The molecule has 0 bridgehead atoms. The number of ether oxygens (including phenoxy) is 2. The van der Waals surface area contributed by atoms with Crippen LogP contribution in [0.3, 0.4) is 0 Å². The van der Waals surface area contributed by atoms with Gasteiger partial charge in [0.25, 0.3) is 0 Å². The first-order valence-corrected chi connectivity index (χ1v) is 5.33. The van der Waals surface area contributed by atoms with Gasteiger partial charge in [-0.3, -0.25) is 4.99 Å². The molecule has 0 saturated carbocycles. The van der Waals surface area contributed by atoms with Crippen molar-refractivity contribution in [1.29, 1.82) is 0 Å². The molecule has 1 aromatic carbocycles. The summed E-state index contributed by atoms with van der Waals surface area (Å²) in [5.41, 5.74) is 7.08. The Bertz CT molecular complexity index is 390. The van der Waals surface area contributed by atoms with E-state index in [1.807, 2.05) is 24.3 Å². The lowest BCUT2D eigenvalue weighted by Gasteiger charge is -2.07. The van der Waals surface area contributed by atoms with Gasteiger partial charge in [-0.2, -0.15) is 0 Å². The zero-order chi connectivity index (χ0) is 11.4. The van der Waals surface area contributed by atoms with E-state index in [0.29, 0.717) is 25.6 Å². The first-order chi connectivity index (χ1) is 7.83. The van der Waals surface area contributed by atoms with Crippen LogP contribution in [0.5, 0.6) is 5.75 Å². The molecule has 0 aliphatic carbocycles. The first-order valence-electron chi connectivity index (χ1n) is 5.33. The highest BCUT2D eigenvalue weighted by atomic mass is 16.5. The smallest absolute Gasteiger partial charge is 0.123 e. The first kappa shape index (κ1) is 11.0. The lowest BCUT2D eigenvalue weighted by atomic mass is 10.0. The number of amidine groups is 1. The maximum atomic E-state index is 5.95. The second kappa shape index (κ2) is 4.99. The normalized spacial score (nSPS) is 19.3. The number of para-hydroxylation sites is 1. The molecule has 0 amide bonds. The third-order valence-electron chi connectivity index (χ3n) is 2.65. The summed E-state index contributed by atoms with van der Waals surface area (Å²) in [6.07, 6.45) is 0. The van der Waals surface area contributed by atoms with Crippen molar-refractivity contribution < 1.29 is 9.47 Å². The van der Waals surface area contributed by atoms with Gasteiger partial charge in [0.2, 0.25) is 0 Å². The molecule has 1 unspecified atom stereocenters. The fraction of sp³-hybridized carbons (Fsp3) is 0.417. The van der Waals surface area contributed by atoms with Crippen LogP contribution >= 0.6 is 0 Å². The van der Waals surface area contributed by atoms with Gasteiger partial charge < -0.3 is 15.2 Å². The molecule has 0 saturated heterocycles. The molecule has 0 spiro atoms. The van der Waals surface area contributed by atoms with E-state index in [1.54, 1.807) is 7.11 Å². The fourth-order valence-electron chi connectivity index (χ4n) is 1.78. The Morgan fingerprint density at radius 2 is 2.38 bits per heavy atom. The fourth-order valence-corrected chi connectivity index (χ4v) is 1.78. The minimum absolute atomic E-state index is 0.0908. The average Bonchev–Trinajstić information content (AvgIpc) is 2.73. The molecule has 2 N–H and O–H groups in total. The highest BCUT2D eigenvalue weighted by Gasteiger charge is 2.26. The molecule has 1 aromatic rings. The zero-order valence-corrected chi connectivity index (χ0v) is 9.35. The van der Waals surface area contributed by atoms with Gasteiger partial charge in [-0.05, 0) is 6.07 Å². The molecule has 86 valence electrons. The number of aliphatic imine (C=N–C) groups is 1. The Labute approximate surface area is 95.1 Å². The highest BCUT2D eigenvalue weighted by Crippen LogP contribution is 2.33. The Balaban J connectivity index is 2.09. The van der Waals surface area contributed by atoms with E-state index < -0.39 is 0 Å². The highest BCUT2D eigenvalue weighted by molar-refractivity contribution is 5.89. The topological polar surface area (TPSA) is 56.8 Å². The van der Waals surface area contributed by atoms with Crippen LogP contribution in [0.4, 0.5) is 0 Å². The van der Waals surface area contributed by atoms with Gasteiger partial charge in [0.1, 0.15) is 18.2 Å². The number of hydrogen-bond donors (Lipinski definition) is 1. The van der Waals surface area contributed by atoms with Gasteiger partial charge in [-0.25, -0.2) is 0 Å². The third-order valence-corrected chi connectivity index (χ3v) is 2.65. The van der Waals surface area contributed by atoms with Gasteiger partial charge in [0.15, 0.2) is 0 Å². The van der Waals surface area contributed by atoms with E-state index in [4.69, 9.17) is 15.2 Å². The van der Waals surface area contributed by atoms with Gasteiger partial charge in [0.05, 0.1) is 19.1 Å². The second-order valence-corrected chi connectivity index (χ2v) is 3.70. The quantitative estimate of drug-likeness (QED) is 0.470. The molecule has 2 rings (SSSR count). The van der Waals surface area contributed by atoms with Crippen LogP contribution in [-0.2, 0) is 4.74 Å². The summed E-state index contributed by atoms with van der Waals surface area (Å²) in [5, 5.41) is 0. The van der Waals surface area contributed by atoms with Gasteiger partial charge in [-0.1, -0.05) is 18.2 Å². The molecule has 1 aliphatic heterocycles. The van der Waals surface area contributed by atoms with E-state index in [-0.39, 0.29) is 5.92 Å². The lowest BCUT2D eigenvalue weighted by Crippen LogP contribution is -2.24. The molecule has 1 heterocycles. The van der Waals surface area contributed by atoms with Crippen LogP contribution in [-0.4, -0.2) is 32.7 Å². The van der Waals surface area contributed by atoms with Gasteiger partial charge in [-0.15, -0.1) is 0 Å². The SMILES string of the molecule is COCCN=C(N)C1COc2ccccc21. The number of hydrogen-bond acceptors (Lipinski definition) is 3. The van der Waals surface area contributed by atoms with Crippen molar-refractivity contribution in [2.45, 2.75) is 5.92 Å². The van der Waals surface area contributed by atoms with Crippen LogP contribution < -0.4 is 10.5 Å². The van der Waals surface area contributed by atoms with E-state index in [1.165, 1.54) is 0 Å². The maximum absolute atomic E-state index is 5.95. The number of nitrogens with two attached hydrogens (primary N) is 1. The molecule has 0 aromatic heterocycles. The Hall–Kier alpha value is -1.55. The zero-order valence-electron chi connectivity index (χ0n) is 9.35. The predicted octanol–water partition coefficient (Wildman–Crippen LogP) is 1.17. The van der Waals surface area contributed by atoms with Crippen molar-refractivity contribution in [3.05, 3.63) is 29.8 Å². The minimum atomic E-state index is 0.0908. The number of benzene rings is 1. The predicted molar refractivity (Wildman–Crippen MR) is 63.0 cm³/mol. The summed E-state index contributed by atoms with van der Waals surface area (Å²) in [4.78, 5) is 4.28. The largest absolute Gasteiger partial charge is 0.492 e. The van der Waals surface area contributed by atoms with Gasteiger partial charge >= 0.3 is 0 Å². The molecule has 4 heteroatoms. The van der Waals surface area contributed by atoms with Crippen LogP contribution in [0.15, 0.2) is 29.3 Å². The molecule has 1 aliphatic rings. The molecule has 16 heavy (non-hydrogen) atoms. The molecule has 4 nitrogen and oxygen atoms in total. The molecule has 0 radical (unpaired) electrons. The maximum Gasteiger partial charge on any atom is 0.123 e. The third kappa shape index (κ3) is 2.17. The van der Waals surface area contributed by atoms with Crippen LogP contribution in [0, 0.1) is 0 Å². The minimum Gasteiger partial charge on any atom is -0.492 e. The second-order valence-electron chi connectivity index (χ2n) is 3.70. The summed E-state index contributed by atoms with van der Waals surface area (Å²) < 4.78 is 10.5. The summed E-state index contributed by atoms with van der Waals surface area (Å²) in [7, 11) is 1.65. The number of methoxy groups -OCH3 is 1. The van der Waals surface area contributed by atoms with Crippen LogP contribution in [0.25, 0.3) is 0 Å². The standard InChI is InChI=1S/C12H16N2O2/c1-15-7-6-14-12(13)10-8-16-11-5-3-2-4-9(10)11/h2-5,10H,6-8H2,1H3,(H2,13,14). The molecule has 1 atom stereocenters. The van der Waals surface area contributed by atoms with Crippen molar-refractivity contribution in [2.24, 2.45) is 10.7 Å². The summed E-state index contributed by atoms with van der Waals surface area (Å²) in [5.74, 6) is 1.63. The summed E-state index contributed by atoms with van der Waals surface area (Å²) >= 11 is 0. The summed E-state index contributed by atoms with van der Waals surface area (Å²) in [6, 6.07) is 7.94. The monoisotopic (exact) mass is 220 g/mol. The Morgan fingerprint density at radius 3 is 3.19 bits per heavy atom. The van der Waals surface area contributed by atoms with Crippen molar-refractivity contribution in [3.63, 3.8) is 0 Å². The number of rotatable bonds is 4. The number of nitrogens with zero attached hydrogens (tertiary/aromatic N) is 1. The van der Waals surface area contributed by atoms with Crippen LogP contribution in [0.2, 0.25) is 0 Å². The van der Waals surface area contributed by atoms with E-state index in [0.717, 1.165) is 11.3 Å². The average molecular weight is 220 g/mol. The van der Waals surface area contributed by atoms with E-state index in [2.05, 4.69) is 4.99 Å². The lowest BCUT2D eigenvalue weighted by molar-refractivity contribution is 0.208. The molecular weight excluding hydrogens is 204 g/mol. The van der Waals surface area contributed by atoms with Crippen molar-refractivity contribution >= 4 is 5.84 Å². The Morgan fingerprint density at radius 1 is 1.56 bits per heavy atom. The van der Waals surface area contributed by atoms with Crippen molar-refractivity contribution in [3.8, 4) is 5.75 Å². The Kier molecular flexibility index (Phi) is 3.41. The summed E-state index contributed by atoms with van der Waals surface area (Å²) in [6.45, 7) is 1.78. The molecule has 0 fully saturated rings. The van der Waals surface area contributed by atoms with Gasteiger partial charge in [0, 0.05) is 12.7 Å². The molecular formula is C12H16N2O2. The van der Waals surface area contributed by atoms with Crippen LogP contribution in [0.1, 0.15) is 11.5 Å².